The van der Waals surface area contributed by atoms with Gasteiger partial charge in [0.05, 0.1) is 18.0 Å². The van der Waals surface area contributed by atoms with Crippen molar-refractivity contribution in [2.75, 3.05) is 19.7 Å². The van der Waals surface area contributed by atoms with Crippen LogP contribution in [-0.4, -0.2) is 46.4 Å². The molecular formula is C15H18N4O2. The molecule has 0 spiro atoms. The van der Waals surface area contributed by atoms with Crippen LogP contribution in [0.1, 0.15) is 5.69 Å². The molecule has 1 aliphatic rings. The Bertz CT molecular complexity index is 611. The fourth-order valence-electron chi connectivity index (χ4n) is 2.42. The highest BCUT2D eigenvalue weighted by Gasteiger charge is 2.25. The molecular weight excluding hydrogens is 268 g/mol. The normalized spacial score (nSPS) is 19.5. The Labute approximate surface area is 123 Å². The summed E-state index contributed by atoms with van der Waals surface area (Å²) in [6, 6.07) is 11.9. The van der Waals surface area contributed by atoms with Gasteiger partial charge >= 0.3 is 0 Å². The van der Waals surface area contributed by atoms with Crippen molar-refractivity contribution in [1.29, 1.82) is 0 Å². The largest absolute Gasteiger partial charge is 0.367 e. The summed E-state index contributed by atoms with van der Waals surface area (Å²) in [5.74, 6) is -0.408. The third kappa shape index (κ3) is 3.29. The Morgan fingerprint density at radius 1 is 1.33 bits per heavy atom. The zero-order valence-corrected chi connectivity index (χ0v) is 11.7. The van der Waals surface area contributed by atoms with Crippen molar-refractivity contribution in [2.45, 2.75) is 12.6 Å². The average molecular weight is 286 g/mol. The van der Waals surface area contributed by atoms with Gasteiger partial charge in [0.2, 0.25) is 5.91 Å². The van der Waals surface area contributed by atoms with Gasteiger partial charge < -0.3 is 10.5 Å². The molecule has 6 nitrogen and oxygen atoms in total. The molecule has 3 rings (SSSR count). The highest BCUT2D eigenvalue weighted by molar-refractivity contribution is 5.79. The zero-order valence-electron chi connectivity index (χ0n) is 11.7. The molecule has 0 radical (unpaired) electrons. The summed E-state index contributed by atoms with van der Waals surface area (Å²) in [6.45, 7) is 2.51. The lowest BCUT2D eigenvalue weighted by Gasteiger charge is -2.30. The molecule has 1 fully saturated rings. The molecule has 1 saturated heterocycles. The second-order valence-electron chi connectivity index (χ2n) is 5.08. The van der Waals surface area contributed by atoms with Crippen molar-refractivity contribution in [3.05, 3.63) is 48.3 Å². The number of amides is 1. The maximum atomic E-state index is 11.2. The predicted octanol–water partition coefficient (Wildman–Crippen LogP) is 0.558. The minimum Gasteiger partial charge on any atom is -0.367 e. The van der Waals surface area contributed by atoms with Crippen LogP contribution in [0.15, 0.2) is 42.6 Å². The van der Waals surface area contributed by atoms with Crippen molar-refractivity contribution in [1.82, 2.24) is 14.7 Å². The highest BCUT2D eigenvalue weighted by atomic mass is 16.5. The molecule has 2 aromatic rings. The van der Waals surface area contributed by atoms with Crippen molar-refractivity contribution in [3.8, 4) is 5.69 Å². The van der Waals surface area contributed by atoms with E-state index in [4.69, 9.17) is 10.5 Å². The quantitative estimate of drug-likeness (QED) is 0.891. The number of nitrogens with two attached hydrogens (primary N) is 1. The van der Waals surface area contributed by atoms with Crippen LogP contribution >= 0.6 is 0 Å². The standard InChI is InChI=1S/C15H18N4O2/c16-15(20)14-11-18(8-9-21-14)10-12-6-7-19(17-12)13-4-2-1-3-5-13/h1-7,14H,8-11H2,(H2,16,20). The maximum Gasteiger partial charge on any atom is 0.247 e. The van der Waals surface area contributed by atoms with Crippen molar-refractivity contribution < 1.29 is 9.53 Å². The molecule has 2 heterocycles. The first-order chi connectivity index (χ1) is 10.2. The van der Waals surface area contributed by atoms with E-state index in [1.165, 1.54) is 0 Å². The molecule has 6 heteroatoms. The second kappa shape index (κ2) is 6.07. The summed E-state index contributed by atoms with van der Waals surface area (Å²) in [5.41, 5.74) is 7.28. The number of benzene rings is 1. The highest BCUT2D eigenvalue weighted by Crippen LogP contribution is 2.11. The van der Waals surface area contributed by atoms with Gasteiger partial charge in [0.15, 0.2) is 0 Å². The Morgan fingerprint density at radius 3 is 2.90 bits per heavy atom. The monoisotopic (exact) mass is 286 g/mol. The summed E-state index contributed by atoms with van der Waals surface area (Å²) in [5, 5.41) is 4.56. The lowest BCUT2D eigenvalue weighted by atomic mass is 10.2. The number of ether oxygens (including phenoxy) is 1. The minimum absolute atomic E-state index is 0.408. The van der Waals surface area contributed by atoms with E-state index < -0.39 is 12.0 Å². The molecule has 0 aliphatic carbocycles. The molecule has 0 saturated carbocycles. The van der Waals surface area contributed by atoms with E-state index in [2.05, 4.69) is 10.00 Å². The van der Waals surface area contributed by atoms with Crippen LogP contribution < -0.4 is 5.73 Å². The Kier molecular flexibility index (Phi) is 3.98. The van der Waals surface area contributed by atoms with Gasteiger partial charge in [-0.15, -0.1) is 0 Å². The number of primary amides is 1. The van der Waals surface area contributed by atoms with Gasteiger partial charge in [-0.1, -0.05) is 18.2 Å². The number of para-hydroxylation sites is 1. The molecule has 1 atom stereocenters. The molecule has 1 unspecified atom stereocenters. The van der Waals surface area contributed by atoms with Crippen LogP contribution in [0, 0.1) is 0 Å². The molecule has 1 aliphatic heterocycles. The summed E-state index contributed by atoms with van der Waals surface area (Å²) in [4.78, 5) is 13.3. The van der Waals surface area contributed by atoms with Crippen LogP contribution in [0.5, 0.6) is 0 Å². The number of nitrogens with zero attached hydrogens (tertiary/aromatic N) is 3. The van der Waals surface area contributed by atoms with Crippen LogP contribution in [-0.2, 0) is 16.1 Å². The smallest absolute Gasteiger partial charge is 0.247 e. The Morgan fingerprint density at radius 2 is 2.14 bits per heavy atom. The zero-order chi connectivity index (χ0) is 14.7. The van der Waals surface area contributed by atoms with Gasteiger partial charge in [-0.05, 0) is 18.2 Å². The number of rotatable bonds is 4. The number of aromatic nitrogens is 2. The van der Waals surface area contributed by atoms with E-state index in [9.17, 15) is 4.79 Å². The Hall–Kier alpha value is -2.18. The van der Waals surface area contributed by atoms with E-state index in [1.54, 1.807) is 0 Å². The lowest BCUT2D eigenvalue weighted by molar-refractivity contribution is -0.135. The van der Waals surface area contributed by atoms with Crippen molar-refractivity contribution in [2.24, 2.45) is 5.73 Å². The van der Waals surface area contributed by atoms with E-state index in [0.717, 1.165) is 17.9 Å². The van der Waals surface area contributed by atoms with Crippen molar-refractivity contribution in [3.63, 3.8) is 0 Å². The van der Waals surface area contributed by atoms with Crippen molar-refractivity contribution >= 4 is 5.91 Å². The molecule has 0 bridgehead atoms. The summed E-state index contributed by atoms with van der Waals surface area (Å²) >= 11 is 0. The molecule has 110 valence electrons. The fraction of sp³-hybridized carbons (Fsp3) is 0.333. The maximum absolute atomic E-state index is 11.2. The van der Waals surface area contributed by atoms with Gasteiger partial charge in [0.25, 0.3) is 0 Å². The first-order valence-corrected chi connectivity index (χ1v) is 6.95. The first kappa shape index (κ1) is 13.8. The van der Waals surface area contributed by atoms with E-state index in [-0.39, 0.29) is 0 Å². The number of hydrogen-bond acceptors (Lipinski definition) is 4. The van der Waals surface area contributed by atoms with Crippen LogP contribution in [0.25, 0.3) is 5.69 Å². The Balaban J connectivity index is 1.66. The van der Waals surface area contributed by atoms with Gasteiger partial charge in [-0.2, -0.15) is 5.10 Å². The van der Waals surface area contributed by atoms with Gasteiger partial charge in [0.1, 0.15) is 6.10 Å². The van der Waals surface area contributed by atoms with Gasteiger partial charge in [-0.3, -0.25) is 9.69 Å². The number of morpholine rings is 1. The molecule has 1 aromatic carbocycles. The fourth-order valence-corrected chi connectivity index (χ4v) is 2.42. The van der Waals surface area contributed by atoms with Gasteiger partial charge in [-0.25, -0.2) is 4.68 Å². The lowest BCUT2D eigenvalue weighted by Crippen LogP contribution is -2.47. The number of carbonyl (C=O) groups excluding carboxylic acids is 1. The first-order valence-electron chi connectivity index (χ1n) is 6.95. The third-order valence-corrected chi connectivity index (χ3v) is 3.52. The SMILES string of the molecule is NC(=O)C1CN(Cc2ccn(-c3ccccc3)n2)CCO1. The van der Waals surface area contributed by atoms with Crippen LogP contribution in [0.3, 0.4) is 0 Å². The van der Waals surface area contributed by atoms with Crippen LogP contribution in [0.2, 0.25) is 0 Å². The average Bonchev–Trinajstić information content (AvgIpc) is 2.97. The second-order valence-corrected chi connectivity index (χ2v) is 5.08. The predicted molar refractivity (Wildman–Crippen MR) is 77.8 cm³/mol. The van der Waals surface area contributed by atoms with Gasteiger partial charge in [0, 0.05) is 25.8 Å². The third-order valence-electron chi connectivity index (χ3n) is 3.52. The number of hydrogen-bond donors (Lipinski definition) is 1. The van der Waals surface area contributed by atoms with E-state index >= 15 is 0 Å². The summed E-state index contributed by atoms with van der Waals surface area (Å²) in [7, 11) is 0. The number of carbonyl (C=O) groups is 1. The minimum atomic E-state index is -0.519. The molecule has 1 amide bonds. The molecule has 2 N–H and O–H groups in total. The molecule has 21 heavy (non-hydrogen) atoms. The molecule has 1 aromatic heterocycles. The summed E-state index contributed by atoms with van der Waals surface area (Å²) in [6.07, 6.45) is 1.42. The van der Waals surface area contributed by atoms with E-state index in [1.807, 2.05) is 47.3 Å². The summed E-state index contributed by atoms with van der Waals surface area (Å²) < 4.78 is 7.19. The van der Waals surface area contributed by atoms with Crippen LogP contribution in [0.4, 0.5) is 0 Å². The van der Waals surface area contributed by atoms with E-state index in [0.29, 0.717) is 19.7 Å². The topological polar surface area (TPSA) is 73.4 Å².